The summed E-state index contributed by atoms with van der Waals surface area (Å²) >= 11 is 0. The van der Waals surface area contributed by atoms with E-state index in [0.717, 1.165) is 12.1 Å². The van der Waals surface area contributed by atoms with Crippen LogP contribution in [0.1, 0.15) is 5.56 Å². The first kappa shape index (κ1) is 16.1. The highest BCUT2D eigenvalue weighted by atomic mass is 16.6. The number of hydrogen-bond acceptors (Lipinski definition) is 7. The number of amides is 3. The lowest BCUT2D eigenvalue weighted by molar-refractivity contribution is -0.385. The number of benzene rings is 1. The van der Waals surface area contributed by atoms with Gasteiger partial charge >= 0.3 is 6.03 Å². The molecule has 1 heterocycles. The van der Waals surface area contributed by atoms with Crippen molar-refractivity contribution in [2.45, 2.75) is 0 Å². The van der Waals surface area contributed by atoms with Crippen molar-refractivity contribution in [1.82, 2.24) is 10.6 Å². The van der Waals surface area contributed by atoms with Gasteiger partial charge in [0.15, 0.2) is 11.5 Å². The molecule has 1 aliphatic heterocycles. The molecule has 0 aliphatic carbocycles. The molecule has 1 aliphatic rings. The van der Waals surface area contributed by atoms with E-state index in [4.69, 9.17) is 14.2 Å². The molecule has 1 aromatic rings. The van der Waals surface area contributed by atoms with Crippen LogP contribution >= 0.6 is 0 Å². The third-order valence-electron chi connectivity index (χ3n) is 3.05. The van der Waals surface area contributed by atoms with Crippen LogP contribution in [0.3, 0.4) is 0 Å². The molecule has 23 heavy (non-hydrogen) atoms. The van der Waals surface area contributed by atoms with Gasteiger partial charge in [0, 0.05) is 0 Å². The van der Waals surface area contributed by atoms with Crippen molar-refractivity contribution in [2.75, 3.05) is 21.3 Å². The molecule has 0 spiro atoms. The maximum atomic E-state index is 11.6. The van der Waals surface area contributed by atoms with Crippen molar-refractivity contribution in [3.63, 3.8) is 0 Å². The van der Waals surface area contributed by atoms with Gasteiger partial charge < -0.3 is 19.5 Å². The van der Waals surface area contributed by atoms with Crippen molar-refractivity contribution in [3.8, 4) is 17.2 Å². The van der Waals surface area contributed by atoms with Crippen molar-refractivity contribution < 1.29 is 28.7 Å². The van der Waals surface area contributed by atoms with E-state index in [1.165, 1.54) is 21.3 Å². The summed E-state index contributed by atoms with van der Waals surface area (Å²) in [7, 11) is 3.95. The van der Waals surface area contributed by atoms with Gasteiger partial charge in [-0.3, -0.25) is 20.2 Å². The predicted molar refractivity (Wildman–Crippen MR) is 77.4 cm³/mol. The Balaban J connectivity index is 2.74. The van der Waals surface area contributed by atoms with Crippen molar-refractivity contribution in [2.24, 2.45) is 0 Å². The average Bonchev–Trinajstić information content (AvgIpc) is 2.83. The normalized spacial score (nSPS) is 15.2. The first-order valence-corrected chi connectivity index (χ1v) is 6.24. The smallest absolute Gasteiger partial charge is 0.326 e. The minimum atomic E-state index is -0.719. The fourth-order valence-corrected chi connectivity index (χ4v) is 2.08. The summed E-state index contributed by atoms with van der Waals surface area (Å²) in [6.45, 7) is 0. The quantitative estimate of drug-likeness (QED) is 0.355. The highest BCUT2D eigenvalue weighted by molar-refractivity contribution is 6.14. The number of urea groups is 1. The predicted octanol–water partition coefficient (Wildman–Crippen LogP) is 0.801. The molecule has 0 aromatic heterocycles. The number of rotatable bonds is 5. The summed E-state index contributed by atoms with van der Waals surface area (Å²) in [5, 5.41) is 15.6. The number of nitro benzene ring substituents is 1. The standard InChI is InChI=1S/C13H13N3O7/c1-21-9-5-8(16(19)20)6(10(22-2)11(9)23-3)4-7-12(17)15-13(18)14-7/h4-5H,1-3H3,(H2,14,15,17,18). The van der Waals surface area contributed by atoms with E-state index in [0.29, 0.717) is 0 Å². The molecule has 10 nitrogen and oxygen atoms in total. The molecule has 3 amide bonds. The number of carbonyl (C=O) groups is 2. The topological polar surface area (TPSA) is 129 Å². The highest BCUT2D eigenvalue weighted by Crippen LogP contribution is 2.45. The second-order valence-corrected chi connectivity index (χ2v) is 4.30. The van der Waals surface area contributed by atoms with Gasteiger partial charge in [-0.25, -0.2) is 4.79 Å². The Hall–Kier alpha value is -3.30. The van der Waals surface area contributed by atoms with E-state index < -0.39 is 16.9 Å². The third-order valence-corrected chi connectivity index (χ3v) is 3.05. The molecule has 2 rings (SSSR count). The number of nitro groups is 1. The minimum Gasteiger partial charge on any atom is -0.492 e. The number of nitrogens with zero attached hydrogens (tertiary/aromatic N) is 1. The summed E-state index contributed by atoms with van der Waals surface area (Å²) < 4.78 is 15.4. The molecule has 0 saturated carbocycles. The minimum absolute atomic E-state index is 0.000000945. The second kappa shape index (κ2) is 6.22. The van der Waals surface area contributed by atoms with Crippen LogP contribution in [0.25, 0.3) is 6.08 Å². The first-order chi connectivity index (χ1) is 10.9. The maximum absolute atomic E-state index is 11.6. The molecule has 10 heteroatoms. The van der Waals surface area contributed by atoms with Gasteiger partial charge in [0.1, 0.15) is 11.3 Å². The Kier molecular flexibility index (Phi) is 4.35. The number of hydrogen-bond donors (Lipinski definition) is 2. The SMILES string of the molecule is COc1cc([N+](=O)[O-])c(C=C2NC(=O)NC2=O)c(OC)c1OC. The van der Waals surface area contributed by atoms with E-state index in [1.54, 1.807) is 0 Å². The molecule has 122 valence electrons. The van der Waals surface area contributed by atoms with Gasteiger partial charge in [-0.15, -0.1) is 0 Å². The summed E-state index contributed by atoms with van der Waals surface area (Å²) in [4.78, 5) is 33.4. The van der Waals surface area contributed by atoms with Crippen LogP contribution in [-0.4, -0.2) is 38.2 Å². The molecular weight excluding hydrogens is 310 g/mol. The number of methoxy groups -OCH3 is 3. The molecule has 1 saturated heterocycles. The second-order valence-electron chi connectivity index (χ2n) is 4.30. The van der Waals surface area contributed by atoms with Crippen LogP contribution < -0.4 is 24.8 Å². The zero-order valence-corrected chi connectivity index (χ0v) is 12.5. The van der Waals surface area contributed by atoms with Gasteiger partial charge in [0.25, 0.3) is 11.6 Å². The third kappa shape index (κ3) is 2.86. The first-order valence-electron chi connectivity index (χ1n) is 6.24. The van der Waals surface area contributed by atoms with Crippen LogP contribution in [0.5, 0.6) is 17.2 Å². The number of nitrogens with one attached hydrogen (secondary N) is 2. The Labute approximate surface area is 130 Å². The van der Waals surface area contributed by atoms with Gasteiger partial charge in [0.05, 0.1) is 32.3 Å². The van der Waals surface area contributed by atoms with Crippen LogP contribution in [0, 0.1) is 10.1 Å². The number of carbonyl (C=O) groups excluding carboxylic acids is 2. The van der Waals surface area contributed by atoms with Gasteiger partial charge in [-0.05, 0) is 6.08 Å². The summed E-state index contributed by atoms with van der Waals surface area (Å²) in [6.07, 6.45) is 1.14. The lowest BCUT2D eigenvalue weighted by Crippen LogP contribution is -2.22. The van der Waals surface area contributed by atoms with Crippen LogP contribution in [0.2, 0.25) is 0 Å². The van der Waals surface area contributed by atoms with Crippen LogP contribution in [0.4, 0.5) is 10.5 Å². The Bertz CT molecular complexity index is 727. The van der Waals surface area contributed by atoms with E-state index in [1.807, 2.05) is 5.32 Å². The number of ether oxygens (including phenoxy) is 3. The Morgan fingerprint density at radius 2 is 1.74 bits per heavy atom. The van der Waals surface area contributed by atoms with E-state index in [-0.39, 0.29) is 34.2 Å². The van der Waals surface area contributed by atoms with Crippen molar-refractivity contribution in [1.29, 1.82) is 0 Å². The van der Waals surface area contributed by atoms with Gasteiger partial charge in [0.2, 0.25) is 5.75 Å². The summed E-state index contributed by atoms with van der Waals surface area (Å²) in [6, 6.07) is 0.422. The molecule has 0 bridgehead atoms. The van der Waals surface area contributed by atoms with Crippen LogP contribution in [0.15, 0.2) is 11.8 Å². The highest BCUT2D eigenvalue weighted by Gasteiger charge is 2.29. The molecule has 0 unspecified atom stereocenters. The van der Waals surface area contributed by atoms with Crippen molar-refractivity contribution in [3.05, 3.63) is 27.4 Å². The molecular formula is C13H13N3O7. The lowest BCUT2D eigenvalue weighted by atomic mass is 10.1. The summed E-state index contributed by atoms with van der Waals surface area (Å²) in [5.74, 6) is -0.489. The fraction of sp³-hybridized carbons (Fsp3) is 0.231. The zero-order chi connectivity index (χ0) is 17.1. The van der Waals surface area contributed by atoms with E-state index in [9.17, 15) is 19.7 Å². The summed E-state index contributed by atoms with van der Waals surface area (Å²) in [5.41, 5.74) is -0.563. The van der Waals surface area contributed by atoms with Crippen LogP contribution in [-0.2, 0) is 4.79 Å². The zero-order valence-electron chi connectivity index (χ0n) is 12.5. The largest absolute Gasteiger partial charge is 0.492 e. The fourth-order valence-electron chi connectivity index (χ4n) is 2.08. The van der Waals surface area contributed by atoms with Gasteiger partial charge in [-0.1, -0.05) is 0 Å². The van der Waals surface area contributed by atoms with E-state index >= 15 is 0 Å². The maximum Gasteiger partial charge on any atom is 0.326 e. The molecule has 1 aromatic carbocycles. The average molecular weight is 323 g/mol. The van der Waals surface area contributed by atoms with E-state index in [2.05, 4.69) is 5.32 Å². The van der Waals surface area contributed by atoms with Crippen molar-refractivity contribution >= 4 is 23.7 Å². The Morgan fingerprint density at radius 3 is 2.17 bits per heavy atom. The molecule has 0 radical (unpaired) electrons. The molecule has 1 fully saturated rings. The molecule has 0 atom stereocenters. The Morgan fingerprint density at radius 1 is 1.09 bits per heavy atom. The lowest BCUT2D eigenvalue weighted by Gasteiger charge is -2.14. The van der Waals surface area contributed by atoms with Gasteiger partial charge in [-0.2, -0.15) is 0 Å². The number of imide groups is 1. The monoisotopic (exact) mass is 323 g/mol. The molecule has 2 N–H and O–H groups in total.